The average Bonchev–Trinajstić information content (AvgIpc) is 2.50. The number of nitrogens with zero attached hydrogens (tertiary/aromatic N) is 1. The summed E-state index contributed by atoms with van der Waals surface area (Å²) in [6.45, 7) is 7.23. The summed E-state index contributed by atoms with van der Waals surface area (Å²) in [4.78, 5) is 14.7. The summed E-state index contributed by atoms with van der Waals surface area (Å²) in [5.41, 5.74) is 1.18. The number of carbonyl (C=O) groups excluding carboxylic acids is 1. The normalized spacial score (nSPS) is 18.6. The second kappa shape index (κ2) is 7.95. The Kier molecular flexibility index (Phi) is 6.25. The van der Waals surface area contributed by atoms with Gasteiger partial charge in [-0.1, -0.05) is 50.1 Å². The zero-order valence-electron chi connectivity index (χ0n) is 13.1. The van der Waals surface area contributed by atoms with Crippen molar-refractivity contribution in [1.82, 2.24) is 4.90 Å². The van der Waals surface area contributed by atoms with Crippen molar-refractivity contribution >= 4 is 17.4 Å². The highest BCUT2D eigenvalue weighted by atomic mass is 35.5. The molecule has 116 valence electrons. The maximum absolute atomic E-state index is 12.2. The summed E-state index contributed by atoms with van der Waals surface area (Å²) in [6.07, 6.45) is 3.85. The standard InChI is InChI=1S/C18H26ClNO/c1-3-14(2)12-18(21)15-8-10-20(11-9-15)13-16-6-4-5-7-17(16)19/h4-7,14-15H,3,8-13H2,1-2H3. The number of halogens is 1. The average molecular weight is 308 g/mol. The maximum atomic E-state index is 12.2. The molecule has 1 atom stereocenters. The molecule has 0 N–H and O–H groups in total. The number of carbonyl (C=O) groups is 1. The molecular formula is C18H26ClNO. The summed E-state index contributed by atoms with van der Waals surface area (Å²) in [7, 11) is 0. The van der Waals surface area contributed by atoms with E-state index in [-0.39, 0.29) is 5.92 Å². The van der Waals surface area contributed by atoms with Crippen molar-refractivity contribution in [2.75, 3.05) is 13.1 Å². The van der Waals surface area contributed by atoms with Crippen LogP contribution >= 0.6 is 11.6 Å². The van der Waals surface area contributed by atoms with Crippen LogP contribution in [0.25, 0.3) is 0 Å². The molecule has 3 heteroatoms. The van der Waals surface area contributed by atoms with Crippen LogP contribution < -0.4 is 0 Å². The van der Waals surface area contributed by atoms with Gasteiger partial charge in [0.05, 0.1) is 0 Å². The number of rotatable bonds is 6. The van der Waals surface area contributed by atoms with E-state index in [2.05, 4.69) is 24.8 Å². The van der Waals surface area contributed by atoms with Gasteiger partial charge in [0.15, 0.2) is 0 Å². The highest BCUT2D eigenvalue weighted by molar-refractivity contribution is 6.31. The Bertz CT molecular complexity index is 466. The fourth-order valence-electron chi connectivity index (χ4n) is 2.94. The van der Waals surface area contributed by atoms with Crippen LogP contribution in [0.1, 0.15) is 45.1 Å². The number of piperidine rings is 1. The number of Topliss-reactive ketones (excluding diaryl/α,β-unsaturated/α-hetero) is 1. The summed E-state index contributed by atoms with van der Waals surface area (Å²) >= 11 is 6.22. The third kappa shape index (κ3) is 4.82. The quantitative estimate of drug-likeness (QED) is 0.768. The maximum Gasteiger partial charge on any atom is 0.136 e. The smallest absolute Gasteiger partial charge is 0.136 e. The Morgan fingerprint density at radius 1 is 1.33 bits per heavy atom. The fourth-order valence-corrected chi connectivity index (χ4v) is 3.13. The minimum atomic E-state index is 0.279. The monoisotopic (exact) mass is 307 g/mol. The lowest BCUT2D eigenvalue weighted by atomic mass is 9.87. The van der Waals surface area contributed by atoms with E-state index in [1.54, 1.807) is 0 Å². The Labute approximate surface area is 133 Å². The first-order valence-corrected chi connectivity index (χ1v) is 8.46. The van der Waals surface area contributed by atoms with Gasteiger partial charge in [0, 0.05) is 23.9 Å². The van der Waals surface area contributed by atoms with Crippen molar-refractivity contribution in [3.05, 3.63) is 34.9 Å². The Morgan fingerprint density at radius 3 is 2.62 bits per heavy atom. The second-order valence-corrected chi connectivity index (χ2v) is 6.73. The van der Waals surface area contributed by atoms with Gasteiger partial charge in [-0.25, -0.2) is 0 Å². The molecular weight excluding hydrogens is 282 g/mol. The van der Waals surface area contributed by atoms with E-state index in [0.29, 0.717) is 11.7 Å². The molecule has 1 aliphatic rings. The lowest BCUT2D eigenvalue weighted by Crippen LogP contribution is -2.36. The zero-order valence-corrected chi connectivity index (χ0v) is 13.9. The molecule has 0 aromatic heterocycles. The largest absolute Gasteiger partial charge is 0.299 e. The number of hydrogen-bond donors (Lipinski definition) is 0. The van der Waals surface area contributed by atoms with Crippen molar-refractivity contribution in [3.63, 3.8) is 0 Å². The van der Waals surface area contributed by atoms with Gasteiger partial charge in [0.25, 0.3) is 0 Å². The predicted octanol–water partition coefficient (Wildman–Crippen LogP) is 4.56. The van der Waals surface area contributed by atoms with Gasteiger partial charge in [0.1, 0.15) is 5.78 Å². The number of hydrogen-bond acceptors (Lipinski definition) is 2. The van der Waals surface area contributed by atoms with Crippen LogP contribution in [0.2, 0.25) is 5.02 Å². The fraction of sp³-hybridized carbons (Fsp3) is 0.611. The Hall–Kier alpha value is -0.860. The van der Waals surface area contributed by atoms with Crippen LogP contribution in [-0.4, -0.2) is 23.8 Å². The molecule has 1 aliphatic heterocycles. The number of likely N-dealkylation sites (tertiary alicyclic amines) is 1. The molecule has 2 rings (SSSR count). The predicted molar refractivity (Wildman–Crippen MR) is 88.5 cm³/mol. The molecule has 21 heavy (non-hydrogen) atoms. The van der Waals surface area contributed by atoms with E-state index >= 15 is 0 Å². The minimum Gasteiger partial charge on any atom is -0.299 e. The second-order valence-electron chi connectivity index (χ2n) is 6.33. The van der Waals surface area contributed by atoms with E-state index < -0.39 is 0 Å². The molecule has 2 nitrogen and oxygen atoms in total. The highest BCUT2D eigenvalue weighted by Crippen LogP contribution is 2.24. The van der Waals surface area contributed by atoms with Crippen LogP contribution in [0.3, 0.4) is 0 Å². The van der Waals surface area contributed by atoms with Crippen molar-refractivity contribution in [3.8, 4) is 0 Å². The number of benzene rings is 1. The molecule has 0 radical (unpaired) electrons. The van der Waals surface area contributed by atoms with Crippen molar-refractivity contribution in [2.45, 2.75) is 46.1 Å². The highest BCUT2D eigenvalue weighted by Gasteiger charge is 2.25. The summed E-state index contributed by atoms with van der Waals surface area (Å²) in [6, 6.07) is 8.02. The van der Waals surface area contributed by atoms with E-state index in [0.717, 1.165) is 50.3 Å². The van der Waals surface area contributed by atoms with Gasteiger partial charge in [-0.2, -0.15) is 0 Å². The van der Waals surface area contributed by atoms with Gasteiger partial charge in [-0.15, -0.1) is 0 Å². The molecule has 0 amide bonds. The molecule has 0 aliphatic carbocycles. The van der Waals surface area contributed by atoms with Gasteiger partial charge in [0.2, 0.25) is 0 Å². The molecule has 0 saturated carbocycles. The molecule has 1 saturated heterocycles. The van der Waals surface area contributed by atoms with Gasteiger partial charge < -0.3 is 0 Å². The molecule has 1 heterocycles. The Balaban J connectivity index is 1.81. The third-order valence-corrected chi connectivity index (χ3v) is 5.01. The SMILES string of the molecule is CCC(C)CC(=O)C1CCN(Cc2ccccc2Cl)CC1. The minimum absolute atomic E-state index is 0.279. The topological polar surface area (TPSA) is 20.3 Å². The van der Waals surface area contributed by atoms with Crippen molar-refractivity contribution in [2.24, 2.45) is 11.8 Å². The lowest BCUT2D eigenvalue weighted by molar-refractivity contribution is -0.125. The Morgan fingerprint density at radius 2 is 2.00 bits per heavy atom. The molecule has 1 unspecified atom stereocenters. The first-order valence-electron chi connectivity index (χ1n) is 8.08. The molecule has 0 spiro atoms. The van der Waals surface area contributed by atoms with E-state index in [1.165, 1.54) is 5.56 Å². The van der Waals surface area contributed by atoms with Crippen LogP contribution in [0.4, 0.5) is 0 Å². The van der Waals surface area contributed by atoms with E-state index in [1.807, 2.05) is 18.2 Å². The van der Waals surface area contributed by atoms with Crippen LogP contribution in [0.5, 0.6) is 0 Å². The van der Waals surface area contributed by atoms with Crippen molar-refractivity contribution in [1.29, 1.82) is 0 Å². The summed E-state index contributed by atoms with van der Waals surface area (Å²) < 4.78 is 0. The molecule has 1 fully saturated rings. The zero-order chi connectivity index (χ0) is 15.2. The summed E-state index contributed by atoms with van der Waals surface area (Å²) in [5, 5.41) is 0.840. The third-order valence-electron chi connectivity index (χ3n) is 4.64. The van der Waals surface area contributed by atoms with Crippen molar-refractivity contribution < 1.29 is 4.79 Å². The first-order chi connectivity index (χ1) is 10.1. The molecule has 0 bridgehead atoms. The van der Waals surface area contributed by atoms with Gasteiger partial charge >= 0.3 is 0 Å². The van der Waals surface area contributed by atoms with Gasteiger partial charge in [-0.05, 0) is 43.5 Å². The molecule has 1 aromatic rings. The van der Waals surface area contributed by atoms with Crippen LogP contribution in [0.15, 0.2) is 24.3 Å². The molecule has 1 aromatic carbocycles. The van der Waals surface area contributed by atoms with Crippen LogP contribution in [-0.2, 0) is 11.3 Å². The summed E-state index contributed by atoms with van der Waals surface area (Å²) in [5.74, 6) is 1.28. The lowest BCUT2D eigenvalue weighted by Gasteiger charge is -2.31. The van der Waals surface area contributed by atoms with E-state index in [4.69, 9.17) is 11.6 Å². The van der Waals surface area contributed by atoms with E-state index in [9.17, 15) is 4.79 Å². The van der Waals surface area contributed by atoms with Gasteiger partial charge in [-0.3, -0.25) is 9.69 Å². The first kappa shape index (κ1) is 16.5. The van der Waals surface area contributed by atoms with Crippen LogP contribution in [0, 0.1) is 11.8 Å². The number of ketones is 1.